The molecule has 0 unspecified atom stereocenters. The highest BCUT2D eigenvalue weighted by Gasteiger charge is 2.28. The van der Waals surface area contributed by atoms with Gasteiger partial charge in [0.15, 0.2) is 5.96 Å². The van der Waals surface area contributed by atoms with Gasteiger partial charge in [0.1, 0.15) is 12.0 Å². The first-order valence-electron chi connectivity index (χ1n) is 6.33. The van der Waals surface area contributed by atoms with E-state index in [4.69, 9.17) is 0 Å². The third kappa shape index (κ3) is 3.28. The lowest BCUT2D eigenvalue weighted by atomic mass is 10.4. The van der Waals surface area contributed by atoms with Gasteiger partial charge in [-0.05, 0) is 0 Å². The van der Waals surface area contributed by atoms with Gasteiger partial charge < -0.3 is 14.7 Å². The van der Waals surface area contributed by atoms with Crippen molar-refractivity contribution in [1.82, 2.24) is 19.7 Å². The van der Waals surface area contributed by atoms with E-state index in [9.17, 15) is 8.42 Å². The molecule has 0 atom stereocenters. The van der Waals surface area contributed by atoms with Crippen molar-refractivity contribution in [2.45, 2.75) is 5.75 Å². The van der Waals surface area contributed by atoms with E-state index >= 15 is 0 Å². The van der Waals surface area contributed by atoms with Gasteiger partial charge in [0.25, 0.3) is 0 Å². The highest BCUT2D eigenvalue weighted by molar-refractivity contribution is 7.88. The number of rotatable bonds is 3. The predicted molar refractivity (Wildman–Crippen MR) is 74.7 cm³/mol. The van der Waals surface area contributed by atoms with Crippen LogP contribution in [0.15, 0.2) is 21.8 Å². The summed E-state index contributed by atoms with van der Waals surface area (Å²) < 4.78 is 30.6. The van der Waals surface area contributed by atoms with Crippen molar-refractivity contribution in [2.75, 3.05) is 40.3 Å². The molecule has 2 heterocycles. The molecular formula is C11H19N5O3S. The summed E-state index contributed by atoms with van der Waals surface area (Å²) in [7, 11) is 0.164. The number of guanidine groups is 1. The van der Waals surface area contributed by atoms with Gasteiger partial charge in [-0.25, -0.2) is 8.42 Å². The number of sulfonamides is 1. The largest absolute Gasteiger partial charge is 0.364 e. The molecule has 1 aromatic rings. The van der Waals surface area contributed by atoms with Crippen LogP contribution in [0.3, 0.4) is 0 Å². The molecule has 2 rings (SSSR count). The van der Waals surface area contributed by atoms with Gasteiger partial charge in [0.05, 0.1) is 5.69 Å². The Balaban J connectivity index is 1.96. The van der Waals surface area contributed by atoms with Crippen LogP contribution in [0.25, 0.3) is 0 Å². The molecule has 1 aliphatic rings. The van der Waals surface area contributed by atoms with E-state index in [1.807, 2.05) is 4.90 Å². The highest BCUT2D eigenvalue weighted by Crippen LogP contribution is 2.12. The minimum atomic E-state index is -3.34. The number of aromatic nitrogens is 1. The fourth-order valence-corrected chi connectivity index (χ4v) is 3.60. The Kier molecular flexibility index (Phi) is 4.61. The average Bonchev–Trinajstić information content (AvgIpc) is 2.93. The molecule has 0 aliphatic carbocycles. The minimum Gasteiger partial charge on any atom is -0.364 e. The van der Waals surface area contributed by atoms with E-state index in [0.29, 0.717) is 31.9 Å². The molecule has 1 aliphatic heterocycles. The molecule has 0 amide bonds. The lowest BCUT2D eigenvalue weighted by Crippen LogP contribution is -2.53. The molecule has 112 valence electrons. The number of piperazine rings is 1. The zero-order valence-electron chi connectivity index (χ0n) is 11.6. The quantitative estimate of drug-likeness (QED) is 0.588. The Hall–Kier alpha value is -1.61. The van der Waals surface area contributed by atoms with Crippen LogP contribution in [0.4, 0.5) is 0 Å². The summed E-state index contributed by atoms with van der Waals surface area (Å²) in [4.78, 5) is 6.15. The SMILES string of the molecule is CN=C(NC)N1CCN(S(=O)(=O)Cc2ccon2)CC1. The molecule has 1 aromatic heterocycles. The van der Waals surface area contributed by atoms with Crippen LogP contribution >= 0.6 is 0 Å². The van der Waals surface area contributed by atoms with Gasteiger partial charge in [-0.3, -0.25) is 4.99 Å². The zero-order valence-corrected chi connectivity index (χ0v) is 12.4. The van der Waals surface area contributed by atoms with E-state index in [-0.39, 0.29) is 5.75 Å². The first-order valence-corrected chi connectivity index (χ1v) is 7.94. The Labute approximate surface area is 118 Å². The molecule has 0 bridgehead atoms. The highest BCUT2D eigenvalue weighted by atomic mass is 32.2. The van der Waals surface area contributed by atoms with Crippen LogP contribution in [0.1, 0.15) is 5.69 Å². The van der Waals surface area contributed by atoms with Gasteiger partial charge in [0, 0.05) is 46.3 Å². The first-order chi connectivity index (χ1) is 9.56. The van der Waals surface area contributed by atoms with E-state index in [1.54, 1.807) is 20.2 Å². The second kappa shape index (κ2) is 6.23. The molecule has 1 N–H and O–H groups in total. The number of nitrogens with zero attached hydrogens (tertiary/aromatic N) is 4. The van der Waals surface area contributed by atoms with Crippen LogP contribution < -0.4 is 5.32 Å². The summed E-state index contributed by atoms with van der Waals surface area (Å²) in [6.07, 6.45) is 1.37. The van der Waals surface area contributed by atoms with Crippen molar-refractivity contribution in [3.63, 3.8) is 0 Å². The Morgan fingerprint density at radius 1 is 1.45 bits per heavy atom. The molecule has 1 fully saturated rings. The second-order valence-electron chi connectivity index (χ2n) is 4.43. The standard InChI is InChI=1S/C11H19N5O3S/c1-12-11(13-2)15-4-6-16(7-5-15)20(17,18)9-10-3-8-19-14-10/h3,8H,4-7,9H2,1-2H3,(H,12,13). The second-order valence-corrected chi connectivity index (χ2v) is 6.40. The summed E-state index contributed by atoms with van der Waals surface area (Å²) in [6, 6.07) is 1.57. The normalized spacial score (nSPS) is 18.3. The molecule has 0 aromatic carbocycles. The topological polar surface area (TPSA) is 91.0 Å². The van der Waals surface area contributed by atoms with E-state index < -0.39 is 10.0 Å². The van der Waals surface area contributed by atoms with Crippen LogP contribution in [-0.2, 0) is 15.8 Å². The number of hydrogen-bond donors (Lipinski definition) is 1. The van der Waals surface area contributed by atoms with Gasteiger partial charge in [0.2, 0.25) is 10.0 Å². The van der Waals surface area contributed by atoms with E-state index in [1.165, 1.54) is 10.6 Å². The maximum absolute atomic E-state index is 12.2. The Bertz CT molecular complexity index is 547. The lowest BCUT2D eigenvalue weighted by molar-refractivity contribution is 0.261. The van der Waals surface area contributed by atoms with Crippen LogP contribution in [0, 0.1) is 0 Å². The third-order valence-electron chi connectivity index (χ3n) is 3.19. The van der Waals surface area contributed by atoms with Gasteiger partial charge in [-0.2, -0.15) is 4.31 Å². The molecule has 20 heavy (non-hydrogen) atoms. The van der Waals surface area contributed by atoms with Crippen molar-refractivity contribution in [3.05, 3.63) is 18.0 Å². The molecule has 0 spiro atoms. The number of hydrogen-bond acceptors (Lipinski definition) is 5. The van der Waals surface area contributed by atoms with E-state index in [2.05, 4.69) is 20.0 Å². The molecule has 8 nitrogen and oxygen atoms in total. The minimum absolute atomic E-state index is 0.121. The molecule has 0 saturated carbocycles. The summed E-state index contributed by atoms with van der Waals surface area (Å²) in [5, 5.41) is 6.64. The van der Waals surface area contributed by atoms with Gasteiger partial charge >= 0.3 is 0 Å². The Morgan fingerprint density at radius 3 is 2.65 bits per heavy atom. The van der Waals surface area contributed by atoms with Gasteiger partial charge in [-0.1, -0.05) is 5.16 Å². The van der Waals surface area contributed by atoms with Gasteiger partial charge in [-0.15, -0.1) is 0 Å². The number of aliphatic imine (C=N–C) groups is 1. The summed E-state index contributed by atoms with van der Waals surface area (Å²) in [6.45, 7) is 2.12. The fourth-order valence-electron chi connectivity index (χ4n) is 2.18. The summed E-state index contributed by atoms with van der Waals surface area (Å²) >= 11 is 0. The maximum atomic E-state index is 12.2. The Morgan fingerprint density at radius 2 is 2.15 bits per heavy atom. The third-order valence-corrected chi connectivity index (χ3v) is 5.00. The van der Waals surface area contributed by atoms with Crippen LogP contribution in [0.2, 0.25) is 0 Å². The zero-order chi connectivity index (χ0) is 14.6. The summed E-state index contributed by atoms with van der Waals surface area (Å²) in [5.74, 6) is 0.656. The van der Waals surface area contributed by atoms with Crippen LogP contribution in [-0.4, -0.2) is 69.0 Å². The maximum Gasteiger partial charge on any atom is 0.220 e. The summed E-state index contributed by atoms with van der Waals surface area (Å²) in [5.41, 5.74) is 0.429. The van der Waals surface area contributed by atoms with Crippen LogP contribution in [0.5, 0.6) is 0 Å². The van der Waals surface area contributed by atoms with Crippen molar-refractivity contribution < 1.29 is 12.9 Å². The molecular weight excluding hydrogens is 282 g/mol. The lowest BCUT2D eigenvalue weighted by Gasteiger charge is -2.35. The van der Waals surface area contributed by atoms with Crippen molar-refractivity contribution in [2.24, 2.45) is 4.99 Å². The smallest absolute Gasteiger partial charge is 0.220 e. The number of nitrogens with one attached hydrogen (secondary N) is 1. The average molecular weight is 301 g/mol. The monoisotopic (exact) mass is 301 g/mol. The predicted octanol–water partition coefficient (Wildman–Crippen LogP) is -0.673. The molecule has 0 radical (unpaired) electrons. The van der Waals surface area contributed by atoms with Crippen molar-refractivity contribution >= 4 is 16.0 Å². The van der Waals surface area contributed by atoms with Crippen molar-refractivity contribution in [1.29, 1.82) is 0 Å². The fraction of sp³-hybridized carbons (Fsp3) is 0.636. The molecule has 1 saturated heterocycles. The first kappa shape index (κ1) is 14.8. The molecule has 9 heteroatoms. The van der Waals surface area contributed by atoms with Crippen molar-refractivity contribution in [3.8, 4) is 0 Å². The van der Waals surface area contributed by atoms with E-state index in [0.717, 1.165) is 5.96 Å².